The molecule has 8 heteroatoms. The van der Waals surface area contributed by atoms with Crippen LogP contribution >= 0.6 is 35.4 Å². The van der Waals surface area contributed by atoms with E-state index in [4.69, 9.17) is 35.4 Å². The average Bonchev–Trinajstić information content (AvgIpc) is 2.39. The summed E-state index contributed by atoms with van der Waals surface area (Å²) >= 11 is 16.5. The van der Waals surface area contributed by atoms with Gasteiger partial charge < -0.3 is 10.6 Å². The molecule has 116 valence electrons. The van der Waals surface area contributed by atoms with Gasteiger partial charge in [0.15, 0.2) is 5.11 Å². The minimum Gasteiger partial charge on any atom is -0.332 e. The van der Waals surface area contributed by atoms with Crippen molar-refractivity contribution in [3.8, 4) is 0 Å². The standard InChI is InChI=1S/C14H9Cl2F3N2S/c15-8-2-1-3-10(6-8)20-13(22)21-12-5-4-9(16)7-11(12)14(17,18)19/h1-7H,(H2,20,21,22). The van der Waals surface area contributed by atoms with Gasteiger partial charge in [-0.3, -0.25) is 0 Å². The number of benzene rings is 2. The molecule has 0 aromatic heterocycles. The third-order valence-electron chi connectivity index (χ3n) is 2.62. The van der Waals surface area contributed by atoms with Crippen molar-refractivity contribution >= 4 is 51.9 Å². The van der Waals surface area contributed by atoms with Gasteiger partial charge in [-0.15, -0.1) is 0 Å². The summed E-state index contributed by atoms with van der Waals surface area (Å²) in [5.41, 5.74) is -0.515. The van der Waals surface area contributed by atoms with Gasteiger partial charge in [0.1, 0.15) is 0 Å². The molecule has 0 aliphatic carbocycles. The first-order valence-corrected chi connectivity index (χ1v) is 7.12. The molecule has 0 fully saturated rings. The monoisotopic (exact) mass is 364 g/mol. The summed E-state index contributed by atoms with van der Waals surface area (Å²) in [5, 5.41) is 5.75. The summed E-state index contributed by atoms with van der Waals surface area (Å²) in [6.45, 7) is 0. The fourth-order valence-electron chi connectivity index (χ4n) is 1.71. The Morgan fingerprint density at radius 2 is 1.64 bits per heavy atom. The second kappa shape index (κ2) is 6.73. The highest BCUT2D eigenvalue weighted by Gasteiger charge is 2.34. The summed E-state index contributed by atoms with van der Waals surface area (Å²) in [7, 11) is 0. The van der Waals surface area contributed by atoms with Crippen molar-refractivity contribution in [2.45, 2.75) is 6.18 Å². The van der Waals surface area contributed by atoms with E-state index < -0.39 is 11.7 Å². The maximum absolute atomic E-state index is 13.0. The smallest absolute Gasteiger partial charge is 0.332 e. The highest BCUT2D eigenvalue weighted by atomic mass is 35.5. The van der Waals surface area contributed by atoms with Crippen LogP contribution in [0.4, 0.5) is 24.5 Å². The zero-order valence-electron chi connectivity index (χ0n) is 10.8. The first-order chi connectivity index (χ1) is 10.3. The molecule has 0 heterocycles. The Labute approximate surface area is 140 Å². The molecule has 2 N–H and O–H groups in total. The molecule has 22 heavy (non-hydrogen) atoms. The number of nitrogens with one attached hydrogen (secondary N) is 2. The van der Waals surface area contributed by atoms with E-state index in [1.165, 1.54) is 12.1 Å². The number of halogens is 5. The SMILES string of the molecule is FC(F)(F)c1cc(Cl)ccc1NC(=S)Nc1cccc(Cl)c1. The van der Waals surface area contributed by atoms with Crippen LogP contribution in [0.5, 0.6) is 0 Å². The molecule has 0 saturated carbocycles. The lowest BCUT2D eigenvalue weighted by Crippen LogP contribution is -2.21. The first-order valence-electron chi connectivity index (χ1n) is 5.96. The Balaban J connectivity index is 2.18. The summed E-state index contributed by atoms with van der Waals surface area (Å²) in [5.74, 6) is 0. The van der Waals surface area contributed by atoms with E-state index in [1.54, 1.807) is 24.3 Å². The predicted molar refractivity (Wildman–Crippen MR) is 87.7 cm³/mol. The van der Waals surface area contributed by atoms with Crippen molar-refractivity contribution in [1.82, 2.24) is 0 Å². The summed E-state index contributed by atoms with van der Waals surface area (Å²) in [4.78, 5) is 0. The molecule has 0 aliphatic rings. The Morgan fingerprint density at radius 1 is 0.955 bits per heavy atom. The van der Waals surface area contributed by atoms with Crippen LogP contribution in [-0.4, -0.2) is 5.11 Å². The minimum atomic E-state index is -4.54. The molecule has 0 aliphatic heterocycles. The number of hydrogen-bond donors (Lipinski definition) is 2. The van der Waals surface area contributed by atoms with Gasteiger partial charge in [0.25, 0.3) is 0 Å². The molecule has 0 spiro atoms. The van der Waals surface area contributed by atoms with Gasteiger partial charge in [-0.2, -0.15) is 13.2 Å². The highest BCUT2D eigenvalue weighted by Crippen LogP contribution is 2.36. The van der Waals surface area contributed by atoms with Gasteiger partial charge in [0.05, 0.1) is 11.3 Å². The summed E-state index contributed by atoms with van der Waals surface area (Å²) in [6, 6.07) is 10.1. The van der Waals surface area contributed by atoms with Crippen molar-refractivity contribution in [2.75, 3.05) is 10.6 Å². The van der Waals surface area contributed by atoms with Gasteiger partial charge in [-0.05, 0) is 48.6 Å². The largest absolute Gasteiger partial charge is 0.418 e. The summed E-state index contributed by atoms with van der Waals surface area (Å²) < 4.78 is 38.9. The van der Waals surface area contributed by atoms with Crippen molar-refractivity contribution in [2.24, 2.45) is 0 Å². The number of rotatable bonds is 2. The van der Waals surface area contributed by atoms with E-state index in [-0.39, 0.29) is 15.8 Å². The molecular formula is C14H9Cl2F3N2S. The van der Waals surface area contributed by atoms with E-state index in [2.05, 4.69) is 10.6 Å². The molecule has 2 aromatic rings. The Bertz CT molecular complexity index is 705. The highest BCUT2D eigenvalue weighted by molar-refractivity contribution is 7.80. The lowest BCUT2D eigenvalue weighted by Gasteiger charge is -2.16. The zero-order chi connectivity index (χ0) is 16.3. The van der Waals surface area contributed by atoms with E-state index in [0.717, 1.165) is 6.07 Å². The molecule has 0 amide bonds. The van der Waals surface area contributed by atoms with Crippen LogP contribution < -0.4 is 10.6 Å². The van der Waals surface area contributed by atoms with Crippen molar-refractivity contribution in [1.29, 1.82) is 0 Å². The maximum Gasteiger partial charge on any atom is 0.418 e. The lowest BCUT2D eigenvalue weighted by atomic mass is 10.1. The van der Waals surface area contributed by atoms with Gasteiger partial charge in [0, 0.05) is 15.7 Å². The Hall–Kier alpha value is -1.50. The second-order valence-electron chi connectivity index (χ2n) is 4.28. The number of hydrogen-bond acceptors (Lipinski definition) is 1. The van der Waals surface area contributed by atoms with Gasteiger partial charge in [-0.25, -0.2) is 0 Å². The van der Waals surface area contributed by atoms with Crippen LogP contribution in [0.3, 0.4) is 0 Å². The third kappa shape index (κ3) is 4.50. The Morgan fingerprint density at radius 3 is 2.27 bits per heavy atom. The van der Waals surface area contributed by atoms with Crippen molar-refractivity contribution in [3.05, 3.63) is 58.1 Å². The number of alkyl halides is 3. The second-order valence-corrected chi connectivity index (χ2v) is 5.56. The van der Waals surface area contributed by atoms with Crippen LogP contribution in [0.25, 0.3) is 0 Å². The van der Waals surface area contributed by atoms with Crippen molar-refractivity contribution < 1.29 is 13.2 Å². The van der Waals surface area contributed by atoms with Crippen molar-refractivity contribution in [3.63, 3.8) is 0 Å². The average molecular weight is 365 g/mol. The van der Waals surface area contributed by atoms with Crippen LogP contribution in [0, 0.1) is 0 Å². The van der Waals surface area contributed by atoms with E-state index in [0.29, 0.717) is 10.7 Å². The predicted octanol–water partition coefficient (Wildman–Crippen LogP) is 5.82. The molecule has 0 bridgehead atoms. The van der Waals surface area contributed by atoms with Crippen LogP contribution in [-0.2, 0) is 6.18 Å². The molecule has 2 rings (SSSR count). The number of anilines is 2. The van der Waals surface area contributed by atoms with Crippen LogP contribution in [0.2, 0.25) is 10.0 Å². The number of thiocarbonyl (C=S) groups is 1. The molecule has 2 nitrogen and oxygen atoms in total. The van der Waals surface area contributed by atoms with E-state index in [1.807, 2.05) is 0 Å². The minimum absolute atomic E-state index is 0.00778. The maximum atomic E-state index is 13.0. The molecule has 0 unspecified atom stereocenters. The quantitative estimate of drug-likeness (QED) is 0.656. The fraction of sp³-hybridized carbons (Fsp3) is 0.0714. The van der Waals surface area contributed by atoms with Gasteiger partial charge in [0.2, 0.25) is 0 Å². The van der Waals surface area contributed by atoms with Crippen LogP contribution in [0.15, 0.2) is 42.5 Å². The molecular weight excluding hydrogens is 356 g/mol. The molecule has 0 atom stereocenters. The molecule has 0 saturated heterocycles. The molecule has 0 radical (unpaired) electrons. The molecule has 2 aromatic carbocycles. The topological polar surface area (TPSA) is 24.1 Å². The van der Waals surface area contributed by atoms with E-state index >= 15 is 0 Å². The normalized spacial score (nSPS) is 11.1. The summed E-state index contributed by atoms with van der Waals surface area (Å²) in [6.07, 6.45) is -4.54. The van der Waals surface area contributed by atoms with Gasteiger partial charge >= 0.3 is 6.18 Å². The first kappa shape index (κ1) is 16.9. The van der Waals surface area contributed by atoms with E-state index in [9.17, 15) is 13.2 Å². The van der Waals surface area contributed by atoms with Gasteiger partial charge in [-0.1, -0.05) is 29.3 Å². The fourth-order valence-corrected chi connectivity index (χ4v) is 2.30. The lowest BCUT2D eigenvalue weighted by molar-refractivity contribution is -0.136. The third-order valence-corrected chi connectivity index (χ3v) is 3.29. The Kier molecular flexibility index (Phi) is 5.16. The zero-order valence-corrected chi connectivity index (χ0v) is 13.2. The van der Waals surface area contributed by atoms with Crippen LogP contribution in [0.1, 0.15) is 5.56 Å².